The number of hydrogen-bond donors (Lipinski definition) is 2. The van der Waals surface area contributed by atoms with Gasteiger partial charge in [0.25, 0.3) is 5.92 Å². The molecule has 0 radical (unpaired) electrons. The molecule has 4 nitrogen and oxygen atoms in total. The van der Waals surface area contributed by atoms with Crippen molar-refractivity contribution < 1.29 is 23.0 Å². The van der Waals surface area contributed by atoms with E-state index in [2.05, 4.69) is 26.2 Å². The fourth-order valence-corrected chi connectivity index (χ4v) is 6.01. The number of aliphatic hydroxyl groups excluding tert-OH is 1. The zero-order chi connectivity index (χ0) is 21.7. The molecule has 0 bridgehead atoms. The van der Waals surface area contributed by atoms with Crippen LogP contribution in [0.3, 0.4) is 0 Å². The minimum absolute atomic E-state index is 0.0703. The lowest BCUT2D eigenvalue weighted by Gasteiger charge is -2.33. The average Bonchev–Trinajstić information content (AvgIpc) is 3.25. The minimum Gasteiger partial charge on any atom is -0.497 e. The Balaban J connectivity index is 1.69. The highest BCUT2D eigenvalue weighted by Crippen LogP contribution is 2.74. The number of ether oxygens (including phenoxy) is 1. The van der Waals surface area contributed by atoms with Crippen LogP contribution < -0.4 is 10.1 Å². The summed E-state index contributed by atoms with van der Waals surface area (Å²) in [6.45, 7) is 1.11. The third kappa shape index (κ3) is 3.22. The van der Waals surface area contributed by atoms with Crippen LogP contribution in [0.15, 0.2) is 51.9 Å². The van der Waals surface area contributed by atoms with Crippen molar-refractivity contribution in [2.75, 3.05) is 13.7 Å². The fraction of sp³-hybridized carbons (Fsp3) is 0.381. The van der Waals surface area contributed by atoms with Gasteiger partial charge in [0.15, 0.2) is 5.17 Å². The number of aliphatic hydroxyl groups is 1. The predicted molar refractivity (Wildman–Crippen MR) is 115 cm³/mol. The van der Waals surface area contributed by atoms with E-state index in [1.165, 1.54) is 25.1 Å². The molecule has 9 heteroatoms. The van der Waals surface area contributed by atoms with Crippen molar-refractivity contribution in [3.05, 3.63) is 63.9 Å². The van der Waals surface area contributed by atoms with Gasteiger partial charge in [0.1, 0.15) is 16.3 Å². The van der Waals surface area contributed by atoms with Gasteiger partial charge in [-0.15, -0.1) is 0 Å². The van der Waals surface area contributed by atoms with Gasteiger partial charge in [-0.2, -0.15) is 0 Å². The molecular weight excluding hydrogens is 481 g/mol. The van der Waals surface area contributed by atoms with Crippen LogP contribution in [0.4, 0.5) is 13.2 Å². The lowest BCUT2D eigenvalue weighted by molar-refractivity contribution is 0.0685. The van der Waals surface area contributed by atoms with Gasteiger partial charge in [-0.3, -0.25) is 4.99 Å². The highest BCUT2D eigenvalue weighted by Gasteiger charge is 2.87. The van der Waals surface area contributed by atoms with Gasteiger partial charge < -0.3 is 15.2 Å². The van der Waals surface area contributed by atoms with Crippen LogP contribution in [0.1, 0.15) is 18.1 Å². The highest BCUT2D eigenvalue weighted by molar-refractivity contribution is 9.10. The van der Waals surface area contributed by atoms with E-state index in [1.54, 1.807) is 19.2 Å². The Morgan fingerprint density at radius 2 is 1.93 bits per heavy atom. The van der Waals surface area contributed by atoms with Crippen molar-refractivity contribution in [1.82, 2.24) is 5.32 Å². The first kappa shape index (κ1) is 21.5. The lowest BCUT2D eigenvalue weighted by atomic mass is 9.85. The number of rotatable bonds is 5. The molecule has 1 fully saturated rings. The molecule has 0 amide bonds. The molecule has 0 aromatic heterocycles. The summed E-state index contributed by atoms with van der Waals surface area (Å²) in [7, 11) is 1.57. The molecule has 1 aliphatic carbocycles. The van der Waals surface area contributed by atoms with Gasteiger partial charge in [-0.1, -0.05) is 39.8 Å². The minimum atomic E-state index is -3.19. The molecule has 1 heterocycles. The molecule has 30 heavy (non-hydrogen) atoms. The fourth-order valence-electron chi connectivity index (χ4n) is 4.16. The summed E-state index contributed by atoms with van der Waals surface area (Å²) in [5.41, 5.74) is -0.564. The van der Waals surface area contributed by atoms with E-state index in [9.17, 15) is 18.3 Å². The van der Waals surface area contributed by atoms with Crippen LogP contribution in [-0.4, -0.2) is 34.7 Å². The van der Waals surface area contributed by atoms with Gasteiger partial charge in [-0.05, 0) is 42.8 Å². The molecule has 2 N–H and O–H groups in total. The first-order valence-electron chi connectivity index (χ1n) is 9.28. The van der Waals surface area contributed by atoms with Crippen LogP contribution in [0, 0.1) is 11.7 Å². The number of hydrogen-bond acceptors (Lipinski definition) is 5. The predicted octanol–water partition coefficient (Wildman–Crippen LogP) is 4.70. The number of thioether (sulfide) groups is 1. The van der Waals surface area contributed by atoms with E-state index < -0.39 is 34.6 Å². The number of nitrogens with zero attached hydrogens (tertiary/aromatic N) is 1. The third-order valence-electron chi connectivity index (χ3n) is 5.80. The van der Waals surface area contributed by atoms with Crippen molar-refractivity contribution in [2.45, 2.75) is 29.7 Å². The molecule has 2 aliphatic rings. The largest absolute Gasteiger partial charge is 0.497 e. The number of methoxy groups -OCH3 is 1. The van der Waals surface area contributed by atoms with Crippen molar-refractivity contribution in [3.8, 4) is 5.75 Å². The number of nitrogens with one attached hydrogen (secondary N) is 1. The molecule has 2 aromatic carbocycles. The van der Waals surface area contributed by atoms with Gasteiger partial charge >= 0.3 is 0 Å². The number of alkyl halides is 2. The van der Waals surface area contributed by atoms with Crippen LogP contribution in [-0.2, 0) is 12.1 Å². The van der Waals surface area contributed by atoms with Crippen molar-refractivity contribution >= 4 is 32.9 Å². The summed E-state index contributed by atoms with van der Waals surface area (Å²) in [6.07, 6.45) is 0. The molecule has 1 aliphatic heterocycles. The Morgan fingerprint density at radius 3 is 2.57 bits per heavy atom. The molecular formula is C21H20BrF3N2O2S. The zero-order valence-electron chi connectivity index (χ0n) is 16.3. The third-order valence-corrected chi connectivity index (χ3v) is 7.72. The van der Waals surface area contributed by atoms with E-state index >= 15 is 0 Å². The standard InChI is InChI=1S/C21H20BrF3N2O2S/c1-19(15-9-13(22)5-8-16(15)23)17-20(11-28,21(17,24)25)30-18(27-19)26-10-12-3-6-14(29-2)7-4-12/h3-9,17,28H,10-11H2,1-2H3,(H,26,27)/t17-,19-,20-/m1/s1. The van der Waals surface area contributed by atoms with E-state index in [-0.39, 0.29) is 10.7 Å². The van der Waals surface area contributed by atoms with Crippen LogP contribution in [0.5, 0.6) is 5.75 Å². The van der Waals surface area contributed by atoms with Gasteiger partial charge in [0.05, 0.1) is 25.2 Å². The van der Waals surface area contributed by atoms with E-state index in [0.717, 1.165) is 17.3 Å². The first-order chi connectivity index (χ1) is 14.2. The summed E-state index contributed by atoms with van der Waals surface area (Å²) in [5.74, 6) is -4.41. The summed E-state index contributed by atoms with van der Waals surface area (Å²) < 4.78 is 48.6. The molecule has 1 saturated carbocycles. The second-order valence-electron chi connectivity index (χ2n) is 7.60. The Morgan fingerprint density at radius 1 is 1.23 bits per heavy atom. The first-order valence-corrected chi connectivity index (χ1v) is 10.9. The monoisotopic (exact) mass is 500 g/mol. The number of halogens is 4. The molecule has 2 aromatic rings. The maximum absolute atomic E-state index is 15.0. The Kier molecular flexibility index (Phi) is 5.35. The zero-order valence-corrected chi connectivity index (χ0v) is 18.7. The van der Waals surface area contributed by atoms with Gasteiger partial charge in [-0.25, -0.2) is 13.2 Å². The molecule has 3 atom stereocenters. The topological polar surface area (TPSA) is 53.8 Å². The van der Waals surface area contributed by atoms with Crippen LogP contribution in [0.25, 0.3) is 0 Å². The van der Waals surface area contributed by atoms with Crippen LogP contribution >= 0.6 is 27.7 Å². The van der Waals surface area contributed by atoms with Gasteiger partial charge in [0.2, 0.25) is 0 Å². The number of amidine groups is 1. The smallest absolute Gasteiger partial charge is 0.272 e. The SMILES string of the molecule is COc1ccc(CNC2=N[C@](C)(c3cc(Br)ccc3F)[C@H]3C(F)(F)[C@]3(CO)S2)cc1. The maximum atomic E-state index is 15.0. The number of fused-ring (bicyclic) bond motifs is 1. The second-order valence-corrected chi connectivity index (χ2v) is 9.83. The van der Waals surface area contributed by atoms with Crippen molar-refractivity contribution in [3.63, 3.8) is 0 Å². The quantitative estimate of drug-likeness (QED) is 0.624. The summed E-state index contributed by atoms with van der Waals surface area (Å²) in [4.78, 5) is 4.54. The summed E-state index contributed by atoms with van der Waals surface area (Å²) >= 11 is 4.11. The highest BCUT2D eigenvalue weighted by atomic mass is 79.9. The van der Waals surface area contributed by atoms with Gasteiger partial charge in [0, 0.05) is 16.6 Å². The number of benzene rings is 2. The van der Waals surface area contributed by atoms with Crippen LogP contribution in [0.2, 0.25) is 0 Å². The van der Waals surface area contributed by atoms with Crippen molar-refractivity contribution in [1.29, 1.82) is 0 Å². The average molecular weight is 501 g/mol. The summed E-state index contributed by atoms with van der Waals surface area (Å²) in [5, 5.41) is 13.2. The van der Waals surface area contributed by atoms with E-state index in [1.807, 2.05) is 12.1 Å². The maximum Gasteiger partial charge on any atom is 0.272 e. The molecule has 4 rings (SSSR count). The Hall–Kier alpha value is -1.71. The molecule has 0 saturated heterocycles. The molecule has 160 valence electrons. The Bertz CT molecular complexity index is 1000. The molecule has 0 spiro atoms. The number of aliphatic imine (C=N–C) groups is 1. The van der Waals surface area contributed by atoms with Crippen molar-refractivity contribution in [2.24, 2.45) is 10.9 Å². The van der Waals surface area contributed by atoms with E-state index in [0.29, 0.717) is 16.8 Å². The Labute approximate surface area is 185 Å². The second kappa shape index (κ2) is 7.46. The lowest BCUT2D eigenvalue weighted by Crippen LogP contribution is -2.39. The molecule has 0 unspecified atom stereocenters. The normalized spacial score (nSPS) is 29.0. The van der Waals surface area contributed by atoms with E-state index in [4.69, 9.17) is 4.74 Å². The summed E-state index contributed by atoms with van der Waals surface area (Å²) in [6, 6.07) is 11.5.